The summed E-state index contributed by atoms with van der Waals surface area (Å²) in [5.41, 5.74) is 7.07. The molecule has 2 aliphatic heterocycles. The molecule has 2 unspecified atom stereocenters. The van der Waals surface area contributed by atoms with Crippen molar-refractivity contribution >= 4 is 0 Å². The highest BCUT2D eigenvalue weighted by atomic mass is 16.5. The van der Waals surface area contributed by atoms with Gasteiger partial charge in [-0.15, -0.1) is 0 Å². The molecule has 0 spiro atoms. The monoisotopic (exact) mass is 276 g/mol. The Labute approximate surface area is 120 Å². The predicted molar refractivity (Wildman–Crippen MR) is 78.8 cm³/mol. The molecule has 0 aliphatic carbocycles. The van der Waals surface area contributed by atoms with Gasteiger partial charge in [-0.3, -0.25) is 4.90 Å². The Morgan fingerprint density at radius 1 is 1.30 bits per heavy atom. The van der Waals surface area contributed by atoms with Gasteiger partial charge in [-0.05, 0) is 38.7 Å². The second-order valence-corrected chi connectivity index (χ2v) is 5.99. The lowest BCUT2D eigenvalue weighted by Gasteiger charge is -2.37. The standard InChI is InChI=1S/C16H24N2O2/c1-2-20-15-5-3-4-11(16(15)19)10-18-13-6-7-14(18)9-12(17)8-13/h3-5,12-14,19H,2,6-10,17H2,1H3. The number of nitrogens with zero attached hydrogens (tertiary/aromatic N) is 1. The first kappa shape index (κ1) is 13.7. The van der Waals surface area contributed by atoms with Crippen molar-refractivity contribution in [2.75, 3.05) is 6.61 Å². The van der Waals surface area contributed by atoms with E-state index >= 15 is 0 Å². The van der Waals surface area contributed by atoms with E-state index in [1.807, 2.05) is 25.1 Å². The fourth-order valence-electron chi connectivity index (χ4n) is 3.74. The summed E-state index contributed by atoms with van der Waals surface area (Å²) < 4.78 is 5.46. The largest absolute Gasteiger partial charge is 0.504 e. The average Bonchev–Trinajstić information content (AvgIpc) is 2.66. The highest BCUT2D eigenvalue weighted by Crippen LogP contribution is 2.38. The third-order valence-corrected chi connectivity index (χ3v) is 4.66. The number of aromatic hydroxyl groups is 1. The summed E-state index contributed by atoms with van der Waals surface area (Å²) in [5, 5.41) is 10.3. The lowest BCUT2D eigenvalue weighted by atomic mass is 9.97. The number of hydrogen-bond donors (Lipinski definition) is 2. The van der Waals surface area contributed by atoms with Crippen LogP contribution in [-0.4, -0.2) is 34.7 Å². The molecule has 2 heterocycles. The van der Waals surface area contributed by atoms with Gasteiger partial charge in [0.15, 0.2) is 11.5 Å². The number of benzene rings is 1. The predicted octanol–water partition coefficient (Wildman–Crippen LogP) is 2.24. The molecule has 110 valence electrons. The lowest BCUT2D eigenvalue weighted by molar-refractivity contribution is 0.118. The molecule has 0 saturated carbocycles. The molecular weight excluding hydrogens is 252 g/mol. The van der Waals surface area contributed by atoms with Gasteiger partial charge in [0, 0.05) is 30.2 Å². The van der Waals surface area contributed by atoms with Crippen LogP contribution >= 0.6 is 0 Å². The number of fused-ring (bicyclic) bond motifs is 2. The van der Waals surface area contributed by atoms with Gasteiger partial charge in [-0.25, -0.2) is 0 Å². The van der Waals surface area contributed by atoms with Gasteiger partial charge in [0.05, 0.1) is 6.61 Å². The third-order valence-electron chi connectivity index (χ3n) is 4.66. The molecule has 1 aromatic rings. The van der Waals surface area contributed by atoms with Crippen molar-refractivity contribution in [1.82, 2.24) is 4.90 Å². The molecule has 3 N–H and O–H groups in total. The normalized spacial score (nSPS) is 29.6. The molecule has 2 fully saturated rings. The van der Waals surface area contributed by atoms with Crippen molar-refractivity contribution in [2.45, 2.75) is 57.3 Å². The number of hydrogen-bond acceptors (Lipinski definition) is 4. The summed E-state index contributed by atoms with van der Waals surface area (Å²) in [6.45, 7) is 3.30. The summed E-state index contributed by atoms with van der Waals surface area (Å²) in [5.74, 6) is 0.884. The molecule has 1 aromatic carbocycles. The Kier molecular flexibility index (Phi) is 3.85. The Morgan fingerprint density at radius 3 is 2.65 bits per heavy atom. The van der Waals surface area contributed by atoms with Crippen LogP contribution in [0.25, 0.3) is 0 Å². The number of piperidine rings is 1. The first-order valence-corrected chi connectivity index (χ1v) is 7.64. The second-order valence-electron chi connectivity index (χ2n) is 5.99. The van der Waals surface area contributed by atoms with Crippen molar-refractivity contribution in [2.24, 2.45) is 5.73 Å². The number of rotatable bonds is 4. The maximum Gasteiger partial charge on any atom is 0.162 e. The van der Waals surface area contributed by atoms with Crippen LogP contribution in [0.2, 0.25) is 0 Å². The minimum atomic E-state index is 0.295. The molecule has 0 radical (unpaired) electrons. The molecule has 20 heavy (non-hydrogen) atoms. The minimum Gasteiger partial charge on any atom is -0.504 e. The van der Waals surface area contributed by atoms with E-state index in [0.717, 1.165) is 24.9 Å². The van der Waals surface area contributed by atoms with E-state index in [9.17, 15) is 5.11 Å². The van der Waals surface area contributed by atoms with E-state index in [0.29, 0.717) is 36.2 Å². The molecule has 3 rings (SSSR count). The topological polar surface area (TPSA) is 58.7 Å². The molecule has 2 atom stereocenters. The number of ether oxygens (including phenoxy) is 1. The third kappa shape index (κ3) is 2.50. The van der Waals surface area contributed by atoms with Gasteiger partial charge in [0.1, 0.15) is 0 Å². The summed E-state index contributed by atoms with van der Waals surface area (Å²) in [6, 6.07) is 7.29. The summed E-state index contributed by atoms with van der Waals surface area (Å²) >= 11 is 0. The smallest absolute Gasteiger partial charge is 0.162 e. The van der Waals surface area contributed by atoms with Gasteiger partial charge >= 0.3 is 0 Å². The van der Waals surface area contributed by atoms with Crippen molar-refractivity contribution in [3.05, 3.63) is 23.8 Å². The van der Waals surface area contributed by atoms with E-state index in [1.165, 1.54) is 12.8 Å². The molecular formula is C16H24N2O2. The summed E-state index contributed by atoms with van der Waals surface area (Å²) in [6.07, 6.45) is 4.65. The van der Waals surface area contributed by atoms with Crippen molar-refractivity contribution in [3.8, 4) is 11.5 Å². The number of phenols is 1. The van der Waals surface area contributed by atoms with Crippen LogP contribution in [0.1, 0.15) is 38.2 Å². The van der Waals surface area contributed by atoms with E-state index in [1.54, 1.807) is 0 Å². The van der Waals surface area contributed by atoms with Gasteiger partial charge in [-0.2, -0.15) is 0 Å². The first-order chi connectivity index (χ1) is 9.69. The van der Waals surface area contributed by atoms with Crippen LogP contribution in [0.3, 0.4) is 0 Å². The first-order valence-electron chi connectivity index (χ1n) is 7.64. The molecule has 2 saturated heterocycles. The maximum absolute atomic E-state index is 10.3. The highest BCUT2D eigenvalue weighted by molar-refractivity contribution is 5.45. The Balaban J connectivity index is 1.77. The highest BCUT2D eigenvalue weighted by Gasteiger charge is 2.39. The van der Waals surface area contributed by atoms with Crippen molar-refractivity contribution in [3.63, 3.8) is 0 Å². The fraction of sp³-hybridized carbons (Fsp3) is 0.625. The molecule has 2 bridgehead atoms. The molecule has 0 aromatic heterocycles. The summed E-state index contributed by atoms with van der Waals surface area (Å²) in [4.78, 5) is 2.52. The van der Waals surface area contributed by atoms with Crippen LogP contribution in [0.15, 0.2) is 18.2 Å². The van der Waals surface area contributed by atoms with Gasteiger partial charge in [-0.1, -0.05) is 12.1 Å². The van der Waals surface area contributed by atoms with E-state index in [-0.39, 0.29) is 0 Å². The zero-order chi connectivity index (χ0) is 14.1. The molecule has 2 aliphatic rings. The number of phenolic OH excluding ortho intramolecular Hbond substituents is 1. The van der Waals surface area contributed by atoms with E-state index in [2.05, 4.69) is 4.90 Å². The van der Waals surface area contributed by atoms with Crippen molar-refractivity contribution < 1.29 is 9.84 Å². The molecule has 4 nitrogen and oxygen atoms in total. The van der Waals surface area contributed by atoms with Crippen LogP contribution in [0.4, 0.5) is 0 Å². The SMILES string of the molecule is CCOc1cccc(CN2C3CCC2CC(N)C3)c1O. The van der Waals surface area contributed by atoms with Crippen LogP contribution in [-0.2, 0) is 6.54 Å². The fourth-order valence-corrected chi connectivity index (χ4v) is 3.74. The van der Waals surface area contributed by atoms with E-state index < -0.39 is 0 Å². The Bertz CT molecular complexity index is 464. The summed E-state index contributed by atoms with van der Waals surface area (Å²) in [7, 11) is 0. The van der Waals surface area contributed by atoms with Crippen LogP contribution in [0, 0.1) is 0 Å². The number of para-hydroxylation sites is 1. The Hall–Kier alpha value is -1.26. The number of nitrogens with two attached hydrogens (primary N) is 1. The van der Waals surface area contributed by atoms with Crippen molar-refractivity contribution in [1.29, 1.82) is 0 Å². The van der Waals surface area contributed by atoms with Crippen LogP contribution in [0.5, 0.6) is 11.5 Å². The lowest BCUT2D eigenvalue weighted by Crippen LogP contribution is -2.46. The van der Waals surface area contributed by atoms with Gasteiger partial charge < -0.3 is 15.6 Å². The quantitative estimate of drug-likeness (QED) is 0.885. The Morgan fingerprint density at radius 2 is 2.00 bits per heavy atom. The second kappa shape index (κ2) is 5.62. The van der Waals surface area contributed by atoms with Gasteiger partial charge in [0.2, 0.25) is 0 Å². The molecule has 0 amide bonds. The van der Waals surface area contributed by atoms with Crippen LogP contribution < -0.4 is 10.5 Å². The minimum absolute atomic E-state index is 0.295. The van der Waals surface area contributed by atoms with Gasteiger partial charge in [0.25, 0.3) is 0 Å². The zero-order valence-electron chi connectivity index (χ0n) is 12.1. The zero-order valence-corrected chi connectivity index (χ0v) is 12.1. The average molecular weight is 276 g/mol. The maximum atomic E-state index is 10.3. The molecule has 4 heteroatoms. The van der Waals surface area contributed by atoms with E-state index in [4.69, 9.17) is 10.5 Å².